The molecular formula is C22H24F3N3O2. The van der Waals surface area contributed by atoms with Crippen molar-refractivity contribution in [2.45, 2.75) is 27.1 Å². The molecule has 0 aliphatic heterocycles. The van der Waals surface area contributed by atoms with Crippen molar-refractivity contribution in [3.05, 3.63) is 72.1 Å². The number of nitrogens with zero attached hydrogens (tertiary/aromatic N) is 2. The molecule has 0 heterocycles. The second-order valence-electron chi connectivity index (χ2n) is 6.34. The lowest BCUT2D eigenvalue weighted by Gasteiger charge is -2.21. The average Bonchev–Trinajstić information content (AvgIpc) is 2.69. The van der Waals surface area contributed by atoms with E-state index in [1.54, 1.807) is 23.1 Å². The monoisotopic (exact) mass is 419 g/mol. The number of hydrogen-bond acceptors (Lipinski definition) is 4. The lowest BCUT2D eigenvalue weighted by molar-refractivity contribution is -0.274. The molecule has 0 aromatic heterocycles. The number of aliphatic imine (C=N–C) groups is 1. The van der Waals surface area contributed by atoms with Crippen molar-refractivity contribution >= 4 is 17.3 Å². The smallest absolute Gasteiger partial charge is 0.406 e. The summed E-state index contributed by atoms with van der Waals surface area (Å²) in [5.41, 5.74) is 3.10. The van der Waals surface area contributed by atoms with E-state index >= 15 is 0 Å². The third-order valence-electron chi connectivity index (χ3n) is 4.35. The number of carbonyl (C=O) groups excluding carboxylic acids is 1. The van der Waals surface area contributed by atoms with Gasteiger partial charge in [0.1, 0.15) is 5.75 Å². The summed E-state index contributed by atoms with van der Waals surface area (Å²) in [6, 6.07) is 5.41. The Labute approximate surface area is 173 Å². The van der Waals surface area contributed by atoms with Gasteiger partial charge in [-0.15, -0.1) is 13.2 Å². The summed E-state index contributed by atoms with van der Waals surface area (Å²) in [5, 5.41) is 3.13. The Kier molecular flexibility index (Phi) is 7.63. The van der Waals surface area contributed by atoms with Crippen molar-refractivity contribution in [2.75, 3.05) is 18.4 Å². The van der Waals surface area contributed by atoms with E-state index in [0.29, 0.717) is 35.8 Å². The first kappa shape index (κ1) is 23.0. The summed E-state index contributed by atoms with van der Waals surface area (Å²) >= 11 is 0. The van der Waals surface area contributed by atoms with Crippen LogP contribution in [0.1, 0.15) is 20.8 Å². The third kappa shape index (κ3) is 6.10. The normalized spacial score (nSPS) is 16.7. The highest BCUT2D eigenvalue weighted by atomic mass is 19.4. The van der Waals surface area contributed by atoms with Gasteiger partial charge in [0.2, 0.25) is 0 Å². The van der Waals surface area contributed by atoms with E-state index < -0.39 is 6.36 Å². The number of anilines is 1. The molecule has 1 aliphatic rings. The molecule has 0 bridgehead atoms. The molecule has 0 atom stereocenters. The molecule has 1 aromatic rings. The number of carbonyl (C=O) groups is 1. The van der Waals surface area contributed by atoms with Crippen molar-refractivity contribution < 1.29 is 22.7 Å². The average molecular weight is 419 g/mol. The minimum atomic E-state index is -4.73. The van der Waals surface area contributed by atoms with Crippen LogP contribution in [0.15, 0.2) is 77.1 Å². The number of rotatable bonds is 7. The summed E-state index contributed by atoms with van der Waals surface area (Å²) in [5.74, 6) is -0.384. The van der Waals surface area contributed by atoms with Crippen LogP contribution < -0.4 is 10.1 Å². The SMILES string of the molecule is C=C/N=C1/C=C(C(=O)N(CC)CC)C=C/C1=C(/C)Nc1ccc(OC(F)(F)F)cc1. The van der Waals surface area contributed by atoms with Gasteiger partial charge < -0.3 is 15.0 Å². The van der Waals surface area contributed by atoms with Gasteiger partial charge in [-0.3, -0.25) is 9.79 Å². The van der Waals surface area contributed by atoms with Gasteiger partial charge in [-0.2, -0.15) is 0 Å². The molecule has 1 amide bonds. The van der Waals surface area contributed by atoms with E-state index in [1.165, 1.54) is 30.5 Å². The van der Waals surface area contributed by atoms with E-state index in [9.17, 15) is 18.0 Å². The molecule has 0 radical (unpaired) electrons. The molecule has 160 valence electrons. The maximum Gasteiger partial charge on any atom is 0.573 e. The van der Waals surface area contributed by atoms with Gasteiger partial charge >= 0.3 is 6.36 Å². The lowest BCUT2D eigenvalue weighted by Crippen LogP contribution is -2.32. The van der Waals surface area contributed by atoms with E-state index in [-0.39, 0.29) is 11.7 Å². The summed E-state index contributed by atoms with van der Waals surface area (Å²) in [7, 11) is 0. The van der Waals surface area contributed by atoms with Crippen LogP contribution in [0.2, 0.25) is 0 Å². The minimum absolute atomic E-state index is 0.0853. The minimum Gasteiger partial charge on any atom is -0.406 e. The molecule has 0 saturated carbocycles. The van der Waals surface area contributed by atoms with Crippen LogP contribution in [-0.4, -0.2) is 36.0 Å². The number of likely N-dealkylation sites (N-methyl/N-ethyl adjacent to an activating group) is 1. The van der Waals surface area contributed by atoms with Crippen molar-refractivity contribution in [1.82, 2.24) is 4.90 Å². The van der Waals surface area contributed by atoms with Crippen LogP contribution >= 0.6 is 0 Å². The van der Waals surface area contributed by atoms with Crippen LogP contribution in [0, 0.1) is 0 Å². The van der Waals surface area contributed by atoms with E-state index in [1.807, 2.05) is 20.8 Å². The fourth-order valence-electron chi connectivity index (χ4n) is 2.90. The standard InChI is InChI=1S/C22H24F3N3O2/c1-5-26-20-14-16(21(29)28(6-2)7-3)8-13-19(20)15(4)27-17-9-11-18(12-10-17)30-22(23,24)25/h5,8-14,27H,1,6-7H2,2-4H3/b19-15+,26-20-. The molecule has 8 heteroatoms. The largest absolute Gasteiger partial charge is 0.573 e. The Balaban J connectivity index is 2.24. The first-order valence-corrected chi connectivity index (χ1v) is 9.40. The highest BCUT2D eigenvalue weighted by Crippen LogP contribution is 2.25. The second kappa shape index (κ2) is 9.96. The summed E-state index contributed by atoms with van der Waals surface area (Å²) in [6.45, 7) is 10.5. The first-order valence-electron chi connectivity index (χ1n) is 9.40. The Morgan fingerprint density at radius 3 is 2.37 bits per heavy atom. The zero-order valence-corrected chi connectivity index (χ0v) is 17.1. The van der Waals surface area contributed by atoms with E-state index in [2.05, 4.69) is 21.6 Å². The third-order valence-corrected chi connectivity index (χ3v) is 4.35. The molecule has 1 N–H and O–H groups in total. The molecule has 0 spiro atoms. The highest BCUT2D eigenvalue weighted by Gasteiger charge is 2.31. The van der Waals surface area contributed by atoms with Gasteiger partial charge in [0.25, 0.3) is 5.91 Å². The van der Waals surface area contributed by atoms with Gasteiger partial charge in [-0.1, -0.05) is 12.7 Å². The van der Waals surface area contributed by atoms with Crippen LogP contribution in [-0.2, 0) is 4.79 Å². The predicted octanol–water partition coefficient (Wildman–Crippen LogP) is 5.22. The molecular weight excluding hydrogens is 395 g/mol. The van der Waals surface area contributed by atoms with Crippen molar-refractivity contribution in [3.8, 4) is 5.75 Å². The summed E-state index contributed by atoms with van der Waals surface area (Å²) in [6.07, 6.45) is 1.86. The number of halogens is 3. The Bertz CT molecular complexity index is 907. The Morgan fingerprint density at radius 2 is 1.83 bits per heavy atom. The van der Waals surface area contributed by atoms with Gasteiger partial charge in [0.05, 0.1) is 5.71 Å². The Hall–Kier alpha value is -3.29. The zero-order chi connectivity index (χ0) is 22.3. The summed E-state index contributed by atoms with van der Waals surface area (Å²) in [4.78, 5) is 18.6. The van der Waals surface area contributed by atoms with Gasteiger partial charge in [0, 0.05) is 41.8 Å². The summed E-state index contributed by atoms with van der Waals surface area (Å²) < 4.78 is 40.7. The van der Waals surface area contributed by atoms with E-state index in [4.69, 9.17) is 0 Å². The number of nitrogens with one attached hydrogen (secondary N) is 1. The highest BCUT2D eigenvalue weighted by molar-refractivity contribution is 6.17. The number of alkyl halides is 3. The van der Waals surface area contributed by atoms with Crippen LogP contribution in [0.25, 0.3) is 0 Å². The fraction of sp³-hybridized carbons (Fsp3) is 0.273. The number of ether oxygens (including phenoxy) is 1. The predicted molar refractivity (Wildman–Crippen MR) is 112 cm³/mol. The number of amides is 1. The topological polar surface area (TPSA) is 53.9 Å². The van der Waals surface area contributed by atoms with Gasteiger partial charge in [-0.05, 0) is 57.2 Å². The maximum atomic E-state index is 12.6. The van der Waals surface area contributed by atoms with Gasteiger partial charge in [0.15, 0.2) is 0 Å². The molecule has 0 unspecified atom stereocenters. The zero-order valence-electron chi connectivity index (χ0n) is 17.1. The molecule has 1 aromatic carbocycles. The lowest BCUT2D eigenvalue weighted by atomic mass is 9.97. The second-order valence-corrected chi connectivity index (χ2v) is 6.34. The van der Waals surface area contributed by atoms with Crippen LogP contribution in [0.3, 0.4) is 0 Å². The quantitative estimate of drug-likeness (QED) is 0.659. The van der Waals surface area contributed by atoms with E-state index in [0.717, 1.165) is 5.57 Å². The number of allylic oxidation sites excluding steroid dienone is 4. The molecule has 0 saturated heterocycles. The molecule has 30 heavy (non-hydrogen) atoms. The number of hydrogen-bond donors (Lipinski definition) is 1. The molecule has 5 nitrogen and oxygen atoms in total. The van der Waals surface area contributed by atoms with Crippen molar-refractivity contribution in [3.63, 3.8) is 0 Å². The number of benzene rings is 1. The molecule has 1 aliphatic carbocycles. The van der Waals surface area contributed by atoms with Crippen molar-refractivity contribution in [2.24, 2.45) is 4.99 Å². The van der Waals surface area contributed by atoms with Gasteiger partial charge in [-0.25, -0.2) is 0 Å². The maximum absolute atomic E-state index is 12.6. The first-order chi connectivity index (χ1) is 14.2. The molecule has 2 rings (SSSR count). The Morgan fingerprint density at radius 1 is 1.20 bits per heavy atom. The van der Waals surface area contributed by atoms with Crippen molar-refractivity contribution in [1.29, 1.82) is 0 Å². The van der Waals surface area contributed by atoms with Crippen LogP contribution in [0.5, 0.6) is 5.75 Å². The fourth-order valence-corrected chi connectivity index (χ4v) is 2.90. The molecule has 0 fully saturated rings. The van der Waals surface area contributed by atoms with Crippen LogP contribution in [0.4, 0.5) is 18.9 Å².